The summed E-state index contributed by atoms with van der Waals surface area (Å²) in [5, 5.41) is 13.0. The molecule has 0 bridgehead atoms. The van der Waals surface area contributed by atoms with Crippen molar-refractivity contribution in [3.8, 4) is 17.2 Å². The second-order valence-electron chi connectivity index (χ2n) is 3.65. The summed E-state index contributed by atoms with van der Waals surface area (Å²) in [4.78, 5) is 3.81. The van der Waals surface area contributed by atoms with Crippen LogP contribution in [0.1, 0.15) is 12.2 Å². The molecule has 0 aliphatic rings. The van der Waals surface area contributed by atoms with Gasteiger partial charge in [-0.2, -0.15) is 18.2 Å². The first-order valence-corrected chi connectivity index (χ1v) is 5.13. The van der Waals surface area contributed by atoms with Gasteiger partial charge in [0.25, 0.3) is 5.89 Å². The van der Waals surface area contributed by atoms with Crippen LogP contribution in [-0.4, -0.2) is 21.4 Å². The van der Waals surface area contributed by atoms with Crippen LogP contribution in [0, 0.1) is 0 Å². The fourth-order valence-electron chi connectivity index (χ4n) is 1.37. The molecule has 7 heteroatoms. The summed E-state index contributed by atoms with van der Waals surface area (Å²) in [5.74, 6) is -0.0978. The van der Waals surface area contributed by atoms with Crippen molar-refractivity contribution in [2.24, 2.45) is 0 Å². The van der Waals surface area contributed by atoms with Gasteiger partial charge in [0.15, 0.2) is 5.82 Å². The Bertz CT molecular complexity index is 537. The van der Waals surface area contributed by atoms with Crippen molar-refractivity contribution in [1.29, 1.82) is 0 Å². The second-order valence-corrected chi connectivity index (χ2v) is 3.65. The molecule has 2 rings (SSSR count). The highest BCUT2D eigenvalue weighted by atomic mass is 19.4. The van der Waals surface area contributed by atoms with Crippen LogP contribution >= 0.6 is 0 Å². The zero-order valence-corrected chi connectivity index (χ0v) is 9.11. The van der Waals surface area contributed by atoms with Crippen LogP contribution in [0.2, 0.25) is 0 Å². The summed E-state index contributed by atoms with van der Waals surface area (Å²) >= 11 is 0. The third-order valence-electron chi connectivity index (χ3n) is 2.23. The molecule has 1 aromatic heterocycles. The van der Waals surface area contributed by atoms with Crippen LogP contribution < -0.4 is 0 Å². The van der Waals surface area contributed by atoms with Gasteiger partial charge in [0.05, 0.1) is 12.0 Å². The van der Waals surface area contributed by atoms with E-state index < -0.39 is 12.6 Å². The van der Waals surface area contributed by atoms with E-state index in [1.54, 1.807) is 12.1 Å². The quantitative estimate of drug-likeness (QED) is 0.919. The Kier molecular flexibility index (Phi) is 3.22. The fraction of sp³-hybridized carbons (Fsp3) is 0.273. The van der Waals surface area contributed by atoms with Crippen molar-refractivity contribution in [2.45, 2.75) is 19.0 Å². The number of hydrogen-bond acceptors (Lipinski definition) is 4. The number of halogens is 3. The Morgan fingerprint density at radius 3 is 2.61 bits per heavy atom. The van der Waals surface area contributed by atoms with Gasteiger partial charge in [-0.05, 0) is 12.1 Å². The van der Waals surface area contributed by atoms with Crippen molar-refractivity contribution < 1.29 is 22.8 Å². The first-order valence-electron chi connectivity index (χ1n) is 5.13. The molecule has 0 fully saturated rings. The molecule has 0 amide bonds. The lowest BCUT2D eigenvalue weighted by Crippen LogP contribution is -2.09. The maximum atomic E-state index is 12.0. The molecule has 2 aromatic rings. The third kappa shape index (κ3) is 2.99. The minimum Gasteiger partial charge on any atom is -0.507 e. The number of alkyl halides is 3. The number of phenols is 1. The molecule has 18 heavy (non-hydrogen) atoms. The Morgan fingerprint density at radius 1 is 1.22 bits per heavy atom. The number of hydrogen-bond donors (Lipinski definition) is 1. The normalized spacial score (nSPS) is 11.7. The van der Waals surface area contributed by atoms with Crippen molar-refractivity contribution >= 4 is 0 Å². The minimum absolute atomic E-state index is 0.00488. The average molecular weight is 258 g/mol. The van der Waals surface area contributed by atoms with E-state index in [-0.39, 0.29) is 23.9 Å². The van der Waals surface area contributed by atoms with Gasteiger partial charge in [0, 0.05) is 6.42 Å². The summed E-state index contributed by atoms with van der Waals surface area (Å²) < 4.78 is 40.8. The zero-order valence-electron chi connectivity index (χ0n) is 9.11. The topological polar surface area (TPSA) is 59.2 Å². The molecule has 1 N–H and O–H groups in total. The fourth-order valence-corrected chi connectivity index (χ4v) is 1.37. The monoisotopic (exact) mass is 258 g/mol. The highest BCUT2D eigenvalue weighted by Crippen LogP contribution is 2.27. The molecular formula is C11H9F3N2O2. The van der Waals surface area contributed by atoms with Gasteiger partial charge in [-0.1, -0.05) is 17.3 Å². The Labute approximate surface area is 100 Å². The molecule has 1 aromatic carbocycles. The molecule has 0 atom stereocenters. The van der Waals surface area contributed by atoms with Gasteiger partial charge in [-0.15, -0.1) is 0 Å². The van der Waals surface area contributed by atoms with E-state index in [0.717, 1.165) is 0 Å². The van der Waals surface area contributed by atoms with Crippen LogP contribution in [0.3, 0.4) is 0 Å². The number of rotatable bonds is 3. The molecular weight excluding hydrogens is 249 g/mol. The van der Waals surface area contributed by atoms with E-state index in [2.05, 4.69) is 10.1 Å². The lowest BCUT2D eigenvalue weighted by Gasteiger charge is -2.01. The number of benzene rings is 1. The summed E-state index contributed by atoms with van der Waals surface area (Å²) in [6, 6.07) is 6.22. The summed E-state index contributed by atoms with van der Waals surface area (Å²) in [6.45, 7) is 0. The lowest BCUT2D eigenvalue weighted by atomic mass is 10.2. The number of phenolic OH excluding ortho intramolecular Hbond substituents is 1. The van der Waals surface area contributed by atoms with E-state index in [1.807, 2.05) is 0 Å². The van der Waals surface area contributed by atoms with Gasteiger partial charge >= 0.3 is 6.18 Å². The van der Waals surface area contributed by atoms with E-state index in [4.69, 9.17) is 4.52 Å². The number of para-hydroxylation sites is 1. The molecule has 0 saturated carbocycles. The smallest absolute Gasteiger partial charge is 0.389 e. The number of aromatic nitrogens is 2. The number of nitrogens with zero attached hydrogens (tertiary/aromatic N) is 2. The van der Waals surface area contributed by atoms with Gasteiger partial charge in [-0.3, -0.25) is 0 Å². The predicted molar refractivity (Wildman–Crippen MR) is 55.8 cm³/mol. The largest absolute Gasteiger partial charge is 0.507 e. The summed E-state index contributed by atoms with van der Waals surface area (Å²) in [7, 11) is 0. The molecule has 0 radical (unpaired) electrons. The lowest BCUT2D eigenvalue weighted by molar-refractivity contribution is -0.134. The first kappa shape index (κ1) is 12.4. The van der Waals surface area contributed by atoms with Crippen LogP contribution in [-0.2, 0) is 6.42 Å². The highest BCUT2D eigenvalue weighted by Gasteiger charge is 2.27. The van der Waals surface area contributed by atoms with Crippen LogP contribution in [0.5, 0.6) is 5.75 Å². The summed E-state index contributed by atoms with van der Waals surface area (Å²) in [6.07, 6.45) is -5.61. The summed E-state index contributed by atoms with van der Waals surface area (Å²) in [5.41, 5.74) is 0.295. The molecule has 0 spiro atoms. The van der Waals surface area contributed by atoms with E-state index in [0.29, 0.717) is 5.56 Å². The van der Waals surface area contributed by atoms with Gasteiger partial charge in [0.2, 0.25) is 0 Å². The van der Waals surface area contributed by atoms with E-state index >= 15 is 0 Å². The predicted octanol–water partition coefficient (Wildman–Crippen LogP) is 2.94. The van der Waals surface area contributed by atoms with Crippen molar-refractivity contribution in [3.05, 3.63) is 30.1 Å². The first-order chi connectivity index (χ1) is 8.46. The van der Waals surface area contributed by atoms with Crippen LogP contribution in [0.15, 0.2) is 28.8 Å². The second kappa shape index (κ2) is 4.67. The van der Waals surface area contributed by atoms with Gasteiger partial charge < -0.3 is 9.63 Å². The van der Waals surface area contributed by atoms with Crippen molar-refractivity contribution in [2.75, 3.05) is 0 Å². The van der Waals surface area contributed by atoms with Gasteiger partial charge in [0.1, 0.15) is 5.75 Å². The minimum atomic E-state index is -4.25. The molecule has 0 saturated heterocycles. The zero-order chi connectivity index (χ0) is 13.2. The Hall–Kier alpha value is -2.05. The maximum Gasteiger partial charge on any atom is 0.389 e. The molecule has 0 unspecified atom stereocenters. The standard InChI is InChI=1S/C11H9F3N2O2/c12-11(13,14)6-5-9-15-10(18-16-9)7-3-1-2-4-8(7)17/h1-4,17H,5-6H2. The molecule has 96 valence electrons. The highest BCUT2D eigenvalue weighted by molar-refractivity contribution is 5.61. The third-order valence-corrected chi connectivity index (χ3v) is 2.23. The molecule has 4 nitrogen and oxygen atoms in total. The Balaban J connectivity index is 2.14. The van der Waals surface area contributed by atoms with Crippen LogP contribution in [0.4, 0.5) is 13.2 Å². The van der Waals surface area contributed by atoms with Crippen LogP contribution in [0.25, 0.3) is 11.5 Å². The maximum absolute atomic E-state index is 12.0. The molecule has 0 aliphatic carbocycles. The number of aromatic hydroxyl groups is 1. The van der Waals surface area contributed by atoms with Crippen molar-refractivity contribution in [1.82, 2.24) is 10.1 Å². The average Bonchev–Trinajstić information content (AvgIpc) is 2.75. The molecule has 0 aliphatic heterocycles. The SMILES string of the molecule is Oc1ccccc1-c1nc(CCC(F)(F)F)no1. The van der Waals surface area contributed by atoms with E-state index in [9.17, 15) is 18.3 Å². The van der Waals surface area contributed by atoms with Gasteiger partial charge in [-0.25, -0.2) is 0 Å². The Morgan fingerprint density at radius 2 is 1.94 bits per heavy atom. The molecule has 1 heterocycles. The van der Waals surface area contributed by atoms with E-state index in [1.165, 1.54) is 12.1 Å². The van der Waals surface area contributed by atoms with Crippen molar-refractivity contribution in [3.63, 3.8) is 0 Å². The number of aryl methyl sites for hydroxylation is 1.